The van der Waals surface area contributed by atoms with Gasteiger partial charge in [0.05, 0.1) is 12.0 Å². The summed E-state index contributed by atoms with van der Waals surface area (Å²) in [6.07, 6.45) is 0. The smallest absolute Gasteiger partial charge is 0.200 e. The molecule has 0 radical (unpaired) electrons. The lowest BCUT2D eigenvalue weighted by Crippen LogP contribution is -1.99. The zero-order valence-electron chi connectivity index (χ0n) is 13.8. The van der Waals surface area contributed by atoms with Crippen LogP contribution in [-0.4, -0.2) is 15.5 Å². The lowest BCUT2D eigenvalue weighted by molar-refractivity contribution is 0.414. The van der Waals surface area contributed by atoms with E-state index in [4.69, 9.17) is 4.74 Å². The number of sulfone groups is 1. The van der Waals surface area contributed by atoms with Crippen molar-refractivity contribution in [3.63, 3.8) is 0 Å². The topological polar surface area (TPSA) is 43.4 Å². The molecule has 3 rings (SSSR count). The summed E-state index contributed by atoms with van der Waals surface area (Å²) < 4.78 is 30.8. The van der Waals surface area contributed by atoms with Gasteiger partial charge in [0, 0.05) is 11.0 Å². The van der Waals surface area contributed by atoms with E-state index in [2.05, 4.69) is 0 Å². The summed E-state index contributed by atoms with van der Waals surface area (Å²) in [6, 6.07) is 25.4. The summed E-state index contributed by atoms with van der Waals surface area (Å²) in [7, 11) is -2.05. The molecule has 0 aliphatic rings. The van der Waals surface area contributed by atoms with Crippen LogP contribution in [0.3, 0.4) is 0 Å². The third-order valence-electron chi connectivity index (χ3n) is 3.83. The quantitative estimate of drug-likeness (QED) is 0.677. The van der Waals surface area contributed by atoms with Crippen LogP contribution in [0.5, 0.6) is 5.75 Å². The van der Waals surface area contributed by atoms with Gasteiger partial charge in [0.25, 0.3) is 0 Å². The van der Waals surface area contributed by atoms with Crippen molar-refractivity contribution in [1.29, 1.82) is 0 Å². The average molecular weight is 350 g/mol. The number of benzene rings is 3. The first-order valence-electron chi connectivity index (χ1n) is 7.82. The van der Waals surface area contributed by atoms with Crippen molar-refractivity contribution in [2.24, 2.45) is 0 Å². The van der Waals surface area contributed by atoms with Crippen molar-refractivity contribution >= 4 is 15.4 Å². The van der Waals surface area contributed by atoms with Gasteiger partial charge in [0.2, 0.25) is 0 Å². The van der Waals surface area contributed by atoms with Gasteiger partial charge >= 0.3 is 0 Å². The Morgan fingerprint density at radius 3 is 1.68 bits per heavy atom. The fraction of sp³-hybridized carbons (Fsp3) is 0.0476. The van der Waals surface area contributed by atoms with E-state index in [1.165, 1.54) is 5.41 Å². The van der Waals surface area contributed by atoms with E-state index in [0.717, 1.165) is 11.1 Å². The van der Waals surface area contributed by atoms with E-state index < -0.39 is 9.84 Å². The van der Waals surface area contributed by atoms with Crippen molar-refractivity contribution in [3.05, 3.63) is 101 Å². The maximum absolute atomic E-state index is 12.9. The molecule has 0 heterocycles. The van der Waals surface area contributed by atoms with Gasteiger partial charge < -0.3 is 4.74 Å². The molecule has 3 aromatic carbocycles. The molecule has 0 N–H and O–H groups in total. The molecule has 4 heteroatoms. The molecule has 0 bridgehead atoms. The Labute approximate surface area is 148 Å². The Bertz CT molecular complexity index is 917. The fourth-order valence-electron chi connectivity index (χ4n) is 2.53. The number of hydrogen-bond donors (Lipinski definition) is 0. The summed E-state index contributed by atoms with van der Waals surface area (Å²) in [4.78, 5) is 0.234. The Balaban J connectivity index is 2.11. The van der Waals surface area contributed by atoms with Crippen LogP contribution in [0.4, 0.5) is 0 Å². The SMILES string of the molecule is COc1ccc(S(=O)(=O)C=C(c2ccccc2)c2ccccc2)cc1. The molecule has 3 aromatic rings. The summed E-state index contributed by atoms with van der Waals surface area (Å²) in [5.41, 5.74) is 2.37. The summed E-state index contributed by atoms with van der Waals surface area (Å²) in [6.45, 7) is 0. The number of methoxy groups -OCH3 is 1. The van der Waals surface area contributed by atoms with Gasteiger partial charge in [-0.1, -0.05) is 60.7 Å². The molecule has 0 atom stereocenters. The van der Waals surface area contributed by atoms with Gasteiger partial charge in [-0.05, 0) is 35.4 Å². The minimum Gasteiger partial charge on any atom is -0.497 e. The second-order valence-electron chi connectivity index (χ2n) is 5.48. The molecule has 0 aromatic heterocycles. The Morgan fingerprint density at radius 2 is 1.24 bits per heavy atom. The van der Waals surface area contributed by atoms with E-state index in [0.29, 0.717) is 11.3 Å². The maximum atomic E-state index is 12.9. The van der Waals surface area contributed by atoms with E-state index in [1.807, 2.05) is 60.7 Å². The van der Waals surface area contributed by atoms with Crippen LogP contribution in [-0.2, 0) is 9.84 Å². The molecule has 0 spiro atoms. The minimum atomic E-state index is -3.60. The van der Waals surface area contributed by atoms with Gasteiger partial charge in [-0.3, -0.25) is 0 Å². The van der Waals surface area contributed by atoms with Crippen molar-refractivity contribution < 1.29 is 13.2 Å². The molecular weight excluding hydrogens is 332 g/mol. The van der Waals surface area contributed by atoms with E-state index in [9.17, 15) is 8.42 Å². The zero-order chi connectivity index (χ0) is 17.7. The van der Waals surface area contributed by atoms with Crippen LogP contribution in [0.25, 0.3) is 5.57 Å². The van der Waals surface area contributed by atoms with E-state index in [-0.39, 0.29) is 4.90 Å². The number of rotatable bonds is 5. The molecule has 0 saturated carbocycles. The first-order chi connectivity index (χ1) is 12.1. The highest BCUT2D eigenvalue weighted by atomic mass is 32.2. The average Bonchev–Trinajstić information content (AvgIpc) is 2.67. The van der Waals surface area contributed by atoms with Crippen LogP contribution in [0.2, 0.25) is 0 Å². The summed E-state index contributed by atoms with van der Waals surface area (Å²) >= 11 is 0. The second kappa shape index (κ2) is 7.36. The zero-order valence-corrected chi connectivity index (χ0v) is 14.6. The first-order valence-corrected chi connectivity index (χ1v) is 9.36. The Kier molecular flexibility index (Phi) is 5.00. The molecule has 25 heavy (non-hydrogen) atoms. The predicted molar refractivity (Wildman–Crippen MR) is 100 cm³/mol. The standard InChI is InChI=1S/C21H18O3S/c1-24-19-12-14-20(15-13-19)25(22,23)16-21(17-8-4-2-5-9-17)18-10-6-3-7-11-18/h2-16H,1H3. The molecule has 126 valence electrons. The van der Waals surface area contributed by atoms with Crippen molar-refractivity contribution in [2.75, 3.05) is 7.11 Å². The fourth-order valence-corrected chi connectivity index (χ4v) is 3.76. The van der Waals surface area contributed by atoms with Crippen LogP contribution in [0, 0.1) is 0 Å². The highest BCUT2D eigenvalue weighted by molar-refractivity contribution is 7.94. The highest BCUT2D eigenvalue weighted by Gasteiger charge is 2.15. The van der Waals surface area contributed by atoms with Crippen LogP contribution < -0.4 is 4.74 Å². The predicted octanol–water partition coefficient (Wildman–Crippen LogP) is 4.56. The lowest BCUT2D eigenvalue weighted by Gasteiger charge is -2.09. The molecule has 0 aliphatic carbocycles. The highest BCUT2D eigenvalue weighted by Crippen LogP contribution is 2.27. The molecule has 0 fully saturated rings. The number of ether oxygens (including phenoxy) is 1. The maximum Gasteiger partial charge on any atom is 0.200 e. The first kappa shape index (κ1) is 17.0. The Morgan fingerprint density at radius 1 is 0.760 bits per heavy atom. The third-order valence-corrected chi connectivity index (χ3v) is 5.31. The minimum absolute atomic E-state index is 0.234. The Hall–Kier alpha value is -2.85. The van der Waals surface area contributed by atoms with E-state index >= 15 is 0 Å². The summed E-state index contributed by atoms with van der Waals surface area (Å²) in [5.74, 6) is 0.620. The van der Waals surface area contributed by atoms with Crippen molar-refractivity contribution in [2.45, 2.75) is 4.90 Å². The largest absolute Gasteiger partial charge is 0.497 e. The van der Waals surface area contributed by atoms with Gasteiger partial charge in [-0.15, -0.1) is 0 Å². The molecule has 3 nitrogen and oxygen atoms in total. The van der Waals surface area contributed by atoms with Gasteiger partial charge in [-0.2, -0.15) is 0 Å². The van der Waals surface area contributed by atoms with E-state index in [1.54, 1.807) is 31.4 Å². The lowest BCUT2D eigenvalue weighted by atomic mass is 10.00. The monoisotopic (exact) mass is 350 g/mol. The normalized spacial score (nSPS) is 10.9. The van der Waals surface area contributed by atoms with Gasteiger partial charge in [0.15, 0.2) is 9.84 Å². The molecule has 0 unspecified atom stereocenters. The third kappa shape index (κ3) is 3.98. The van der Waals surface area contributed by atoms with Gasteiger partial charge in [0.1, 0.15) is 5.75 Å². The molecule has 0 aliphatic heterocycles. The van der Waals surface area contributed by atoms with Crippen molar-refractivity contribution in [3.8, 4) is 5.75 Å². The van der Waals surface area contributed by atoms with Crippen LogP contribution in [0.15, 0.2) is 95.2 Å². The number of hydrogen-bond acceptors (Lipinski definition) is 3. The van der Waals surface area contributed by atoms with Crippen LogP contribution in [0.1, 0.15) is 11.1 Å². The summed E-state index contributed by atoms with van der Waals surface area (Å²) in [5, 5.41) is 1.33. The second-order valence-corrected chi connectivity index (χ2v) is 7.28. The molecule has 0 amide bonds. The van der Waals surface area contributed by atoms with Crippen LogP contribution >= 0.6 is 0 Å². The molecular formula is C21H18O3S. The molecule has 0 saturated heterocycles. The van der Waals surface area contributed by atoms with Gasteiger partial charge in [-0.25, -0.2) is 8.42 Å². The van der Waals surface area contributed by atoms with Crippen molar-refractivity contribution in [1.82, 2.24) is 0 Å².